The molecule has 8 nitrogen and oxygen atoms in total. The molecule has 0 aromatic heterocycles. The van der Waals surface area contributed by atoms with Crippen molar-refractivity contribution in [1.82, 2.24) is 0 Å². The van der Waals surface area contributed by atoms with Crippen molar-refractivity contribution in [3.8, 4) is 0 Å². The smallest absolute Gasteiger partial charge is 0.334 e. The summed E-state index contributed by atoms with van der Waals surface area (Å²) in [5.41, 5.74) is 0.628. The van der Waals surface area contributed by atoms with Crippen molar-refractivity contribution < 1.29 is 38.8 Å². The van der Waals surface area contributed by atoms with E-state index in [1.165, 1.54) is 58.3 Å². The third-order valence-corrected chi connectivity index (χ3v) is 9.76. The molecule has 1 saturated heterocycles. The number of ketones is 1. The van der Waals surface area contributed by atoms with Crippen molar-refractivity contribution in [3.05, 3.63) is 11.6 Å². The number of aliphatic hydroxyl groups excluding tert-OH is 2. The average Bonchev–Trinajstić information content (AvgIpc) is 3.65. The maximum Gasteiger partial charge on any atom is 0.334 e. The molecule has 0 radical (unpaired) electrons. The molecule has 0 amide bonds. The van der Waals surface area contributed by atoms with Gasteiger partial charge < -0.3 is 24.4 Å². The highest BCUT2D eigenvalue weighted by atomic mass is 16.6. The van der Waals surface area contributed by atoms with Crippen LogP contribution in [0.1, 0.15) is 181 Å². The third kappa shape index (κ3) is 19.1. The van der Waals surface area contributed by atoms with E-state index in [1.807, 2.05) is 6.92 Å². The van der Waals surface area contributed by atoms with Gasteiger partial charge in [-0.3, -0.25) is 9.59 Å². The SMILES string of the molecule is CCCCCCCCCCCC[C@H](O)[C@H]1CC[C@H]([C@@H](C[C@@H](O)CCCCCCCCCC(=O)CCC2=C[C@H](C)OC2=O)OC(C)=O)O1. The fraction of sp³-hybridized carbons (Fsp3) is 0.872. The van der Waals surface area contributed by atoms with Crippen LogP contribution in [0.15, 0.2) is 11.6 Å². The number of unbranched alkanes of at least 4 members (excludes halogenated alkanes) is 15. The Morgan fingerprint density at radius 1 is 0.809 bits per heavy atom. The summed E-state index contributed by atoms with van der Waals surface area (Å²) in [6.07, 6.45) is 24.0. The number of carbonyl (C=O) groups is 3. The zero-order chi connectivity index (χ0) is 34.3. The first kappa shape index (κ1) is 41.4. The summed E-state index contributed by atoms with van der Waals surface area (Å²) in [6, 6.07) is 0. The normalized spacial score (nSPS) is 21.3. The molecule has 0 aliphatic carbocycles. The van der Waals surface area contributed by atoms with Gasteiger partial charge in [-0.1, -0.05) is 110 Å². The summed E-state index contributed by atoms with van der Waals surface area (Å²) in [7, 11) is 0. The van der Waals surface area contributed by atoms with Gasteiger partial charge in [0.25, 0.3) is 0 Å². The lowest BCUT2D eigenvalue weighted by molar-refractivity contribution is -0.159. The average molecular weight is 665 g/mol. The van der Waals surface area contributed by atoms with E-state index in [4.69, 9.17) is 14.2 Å². The Kier molecular flexibility index (Phi) is 22.2. The second kappa shape index (κ2) is 25.2. The molecule has 0 spiro atoms. The van der Waals surface area contributed by atoms with E-state index in [-0.39, 0.29) is 36.0 Å². The van der Waals surface area contributed by atoms with Gasteiger partial charge in [0.05, 0.1) is 24.4 Å². The van der Waals surface area contributed by atoms with E-state index in [1.54, 1.807) is 6.08 Å². The Morgan fingerprint density at radius 3 is 1.94 bits per heavy atom. The van der Waals surface area contributed by atoms with Crippen molar-refractivity contribution >= 4 is 17.7 Å². The molecule has 272 valence electrons. The number of rotatable bonds is 29. The molecule has 2 rings (SSSR count). The Labute approximate surface area is 285 Å². The third-order valence-electron chi connectivity index (χ3n) is 9.76. The van der Waals surface area contributed by atoms with Crippen molar-refractivity contribution in [3.63, 3.8) is 0 Å². The van der Waals surface area contributed by atoms with Crippen LogP contribution < -0.4 is 0 Å². The van der Waals surface area contributed by atoms with Gasteiger partial charge in [-0.05, 0) is 51.5 Å². The van der Waals surface area contributed by atoms with Crippen LogP contribution in [0, 0.1) is 0 Å². The Hall–Kier alpha value is -1.77. The first-order valence-corrected chi connectivity index (χ1v) is 19.3. The lowest BCUT2D eigenvalue weighted by atomic mass is 9.98. The van der Waals surface area contributed by atoms with Gasteiger partial charge in [0.15, 0.2) is 0 Å². The summed E-state index contributed by atoms with van der Waals surface area (Å²) < 4.78 is 16.9. The number of hydrogen-bond donors (Lipinski definition) is 2. The molecule has 1 fully saturated rings. The molecule has 0 aromatic rings. The van der Waals surface area contributed by atoms with Crippen LogP contribution in [0.25, 0.3) is 0 Å². The summed E-state index contributed by atoms with van der Waals surface area (Å²) >= 11 is 0. The van der Waals surface area contributed by atoms with Crippen LogP contribution in [0.2, 0.25) is 0 Å². The fourth-order valence-corrected chi connectivity index (χ4v) is 6.95. The minimum absolute atomic E-state index is 0.183. The van der Waals surface area contributed by atoms with Crippen molar-refractivity contribution in [2.75, 3.05) is 0 Å². The van der Waals surface area contributed by atoms with Crippen LogP contribution in [0.5, 0.6) is 0 Å². The van der Waals surface area contributed by atoms with Gasteiger partial charge in [0, 0.05) is 31.8 Å². The van der Waals surface area contributed by atoms with Gasteiger partial charge >= 0.3 is 11.9 Å². The standard InChI is InChI=1S/C39H68O8/c1-4-5-6-7-8-9-10-14-17-20-23-35(43)36-26-27-37(47-36)38(46-31(3)40)29-34(42)22-19-16-13-11-12-15-18-21-33(41)25-24-32-28-30(2)45-39(32)44/h28,30,34-38,42-43H,4-27,29H2,1-3H3/t30-,34-,35-,36+,37+,38+/m0/s1. The molecule has 0 aromatic carbocycles. The number of ether oxygens (including phenoxy) is 3. The molecule has 2 aliphatic heterocycles. The molecule has 2 aliphatic rings. The van der Waals surface area contributed by atoms with Crippen molar-refractivity contribution in [1.29, 1.82) is 0 Å². The molecule has 0 unspecified atom stereocenters. The maximum absolute atomic E-state index is 12.1. The van der Waals surface area contributed by atoms with Crippen molar-refractivity contribution in [2.24, 2.45) is 0 Å². The van der Waals surface area contributed by atoms with Gasteiger partial charge in [-0.15, -0.1) is 0 Å². The highest BCUT2D eigenvalue weighted by Crippen LogP contribution is 2.30. The Morgan fingerprint density at radius 2 is 1.36 bits per heavy atom. The molecular formula is C39H68O8. The topological polar surface area (TPSA) is 119 Å². The number of hydrogen-bond acceptors (Lipinski definition) is 8. The fourth-order valence-electron chi connectivity index (χ4n) is 6.95. The van der Waals surface area contributed by atoms with Crippen LogP contribution in [0.3, 0.4) is 0 Å². The predicted molar refractivity (Wildman–Crippen MR) is 186 cm³/mol. The van der Waals surface area contributed by atoms with Gasteiger partial charge in [0.1, 0.15) is 18.0 Å². The molecule has 2 heterocycles. The molecule has 6 atom stereocenters. The first-order chi connectivity index (χ1) is 22.7. The molecule has 47 heavy (non-hydrogen) atoms. The lowest BCUT2D eigenvalue weighted by Gasteiger charge is -2.27. The summed E-state index contributed by atoms with van der Waals surface area (Å²) in [4.78, 5) is 35.6. The first-order valence-electron chi connectivity index (χ1n) is 19.3. The Bertz CT molecular complexity index is 901. The number of esters is 2. The summed E-state index contributed by atoms with van der Waals surface area (Å²) in [6.45, 7) is 5.47. The number of cyclic esters (lactones) is 1. The predicted octanol–water partition coefficient (Wildman–Crippen LogP) is 8.62. The highest BCUT2D eigenvalue weighted by Gasteiger charge is 2.37. The van der Waals surface area contributed by atoms with Crippen LogP contribution in [0.4, 0.5) is 0 Å². The zero-order valence-electron chi connectivity index (χ0n) is 30.1. The van der Waals surface area contributed by atoms with Gasteiger partial charge in [-0.25, -0.2) is 4.79 Å². The molecule has 0 saturated carbocycles. The van der Waals surface area contributed by atoms with Crippen LogP contribution in [-0.4, -0.2) is 64.6 Å². The Balaban J connectivity index is 1.51. The molecular weight excluding hydrogens is 596 g/mol. The second-order valence-corrected chi connectivity index (χ2v) is 14.2. The largest absolute Gasteiger partial charge is 0.460 e. The van der Waals surface area contributed by atoms with E-state index in [2.05, 4.69) is 6.92 Å². The maximum atomic E-state index is 12.1. The highest BCUT2D eigenvalue weighted by molar-refractivity contribution is 5.91. The minimum atomic E-state index is -0.561. The number of Topliss-reactive ketones (excluding diaryl/α,β-unsaturated/α-hetero) is 1. The van der Waals surface area contributed by atoms with Gasteiger partial charge in [-0.2, -0.15) is 0 Å². The van der Waals surface area contributed by atoms with Crippen LogP contribution in [-0.2, 0) is 28.6 Å². The monoisotopic (exact) mass is 664 g/mol. The van der Waals surface area contributed by atoms with E-state index < -0.39 is 18.3 Å². The van der Waals surface area contributed by atoms with Gasteiger partial charge in [0.2, 0.25) is 0 Å². The molecule has 0 bridgehead atoms. The van der Waals surface area contributed by atoms with E-state index >= 15 is 0 Å². The number of carbonyl (C=O) groups excluding carboxylic acids is 3. The molecule has 2 N–H and O–H groups in total. The minimum Gasteiger partial charge on any atom is -0.460 e. The zero-order valence-corrected chi connectivity index (χ0v) is 30.1. The molecule has 8 heteroatoms. The quantitative estimate of drug-likeness (QED) is 0.0603. The summed E-state index contributed by atoms with van der Waals surface area (Å²) in [5, 5.41) is 21.5. The second-order valence-electron chi connectivity index (χ2n) is 14.2. The number of aliphatic hydroxyl groups is 2. The van der Waals surface area contributed by atoms with E-state index in [0.29, 0.717) is 37.7 Å². The van der Waals surface area contributed by atoms with Crippen molar-refractivity contribution in [2.45, 2.75) is 218 Å². The van der Waals surface area contributed by atoms with E-state index in [9.17, 15) is 24.6 Å². The van der Waals surface area contributed by atoms with Crippen LogP contribution >= 0.6 is 0 Å². The summed E-state index contributed by atoms with van der Waals surface area (Å²) in [5.74, 6) is -0.449. The van der Waals surface area contributed by atoms with E-state index in [0.717, 1.165) is 77.0 Å². The lowest BCUT2D eigenvalue weighted by Crippen LogP contribution is -2.36.